The minimum Gasteiger partial charge on any atom is -0.489 e. The van der Waals surface area contributed by atoms with Crippen molar-refractivity contribution in [3.05, 3.63) is 60.2 Å². The smallest absolute Gasteiger partial charge is 0.309 e. The van der Waals surface area contributed by atoms with Crippen molar-refractivity contribution in [1.29, 1.82) is 0 Å². The largest absolute Gasteiger partial charge is 0.489 e. The average molecular weight is 337 g/mol. The maximum absolute atomic E-state index is 12.9. The highest BCUT2D eigenvalue weighted by atomic mass is 16.5. The molecule has 0 bridgehead atoms. The Hall–Kier alpha value is -2.82. The first-order valence-corrected chi connectivity index (χ1v) is 8.49. The van der Waals surface area contributed by atoms with Crippen molar-refractivity contribution in [3.8, 4) is 5.75 Å². The van der Waals surface area contributed by atoms with Gasteiger partial charge in [0.05, 0.1) is 17.6 Å². The van der Waals surface area contributed by atoms with E-state index in [1.807, 2.05) is 54.6 Å². The van der Waals surface area contributed by atoms with Gasteiger partial charge in [-0.3, -0.25) is 14.5 Å². The van der Waals surface area contributed by atoms with Gasteiger partial charge in [-0.05, 0) is 30.5 Å². The van der Waals surface area contributed by atoms with Crippen LogP contribution in [0, 0.1) is 5.92 Å². The number of esters is 1. The molecule has 0 unspecified atom stereocenters. The second kappa shape index (κ2) is 6.59. The molecule has 0 spiro atoms. The zero-order valence-electron chi connectivity index (χ0n) is 13.8. The Morgan fingerprint density at radius 3 is 2.52 bits per heavy atom. The number of rotatable bonds is 4. The van der Waals surface area contributed by atoms with Gasteiger partial charge in [-0.25, -0.2) is 0 Å². The summed E-state index contributed by atoms with van der Waals surface area (Å²) in [7, 11) is 0. The molecule has 5 nitrogen and oxygen atoms in total. The van der Waals surface area contributed by atoms with Crippen LogP contribution in [0.5, 0.6) is 5.75 Å². The summed E-state index contributed by atoms with van der Waals surface area (Å²) in [4.78, 5) is 26.3. The molecule has 1 atom stereocenters. The molecule has 1 saturated carbocycles. The minimum absolute atomic E-state index is 0.0188. The van der Waals surface area contributed by atoms with E-state index in [0.717, 1.165) is 18.4 Å². The van der Waals surface area contributed by atoms with Crippen molar-refractivity contribution < 1.29 is 19.1 Å². The molecule has 0 radical (unpaired) electrons. The van der Waals surface area contributed by atoms with Crippen LogP contribution in [0.3, 0.4) is 0 Å². The summed E-state index contributed by atoms with van der Waals surface area (Å²) < 4.78 is 11.1. The second-order valence-electron chi connectivity index (χ2n) is 6.35. The number of anilines is 1. The van der Waals surface area contributed by atoms with Crippen molar-refractivity contribution in [1.82, 2.24) is 0 Å². The number of nitrogens with zero attached hydrogens (tertiary/aromatic N) is 1. The van der Waals surface area contributed by atoms with Crippen LogP contribution in [-0.4, -0.2) is 25.1 Å². The highest BCUT2D eigenvalue weighted by molar-refractivity contribution is 5.98. The quantitative estimate of drug-likeness (QED) is 0.805. The molecule has 0 saturated heterocycles. The summed E-state index contributed by atoms with van der Waals surface area (Å²) in [5.74, 6) is 0.135. The van der Waals surface area contributed by atoms with E-state index in [4.69, 9.17) is 9.47 Å². The van der Waals surface area contributed by atoms with E-state index in [2.05, 4.69) is 0 Å². The van der Waals surface area contributed by atoms with Crippen LogP contribution in [0.1, 0.15) is 24.4 Å². The van der Waals surface area contributed by atoms with Crippen LogP contribution < -0.4 is 9.64 Å². The maximum atomic E-state index is 12.9. The Bertz CT molecular complexity index is 785. The first-order valence-electron chi connectivity index (χ1n) is 8.49. The molecule has 1 aliphatic carbocycles. The molecule has 1 heterocycles. The number of benzene rings is 2. The normalized spacial score (nSPS) is 18.9. The van der Waals surface area contributed by atoms with E-state index in [1.165, 1.54) is 0 Å². The highest BCUT2D eigenvalue weighted by Gasteiger charge is 2.35. The van der Waals surface area contributed by atoms with Crippen LogP contribution in [-0.2, 0) is 14.3 Å². The first-order chi connectivity index (χ1) is 12.2. The van der Waals surface area contributed by atoms with E-state index in [9.17, 15) is 9.59 Å². The molecule has 4 rings (SSSR count). The summed E-state index contributed by atoms with van der Waals surface area (Å²) >= 11 is 0. The molecule has 0 aromatic heterocycles. The Balaban J connectivity index is 1.61. The lowest BCUT2D eigenvalue weighted by Crippen LogP contribution is -2.43. The van der Waals surface area contributed by atoms with Gasteiger partial charge in [-0.2, -0.15) is 0 Å². The molecular weight excluding hydrogens is 318 g/mol. The van der Waals surface area contributed by atoms with Gasteiger partial charge in [0, 0.05) is 0 Å². The molecule has 1 amide bonds. The molecule has 1 aliphatic heterocycles. The van der Waals surface area contributed by atoms with Gasteiger partial charge in [-0.15, -0.1) is 0 Å². The van der Waals surface area contributed by atoms with Crippen molar-refractivity contribution in [3.63, 3.8) is 0 Å². The fourth-order valence-electron chi connectivity index (χ4n) is 3.06. The van der Waals surface area contributed by atoms with Crippen LogP contribution in [0.4, 0.5) is 5.69 Å². The molecule has 25 heavy (non-hydrogen) atoms. The monoisotopic (exact) mass is 337 g/mol. The van der Waals surface area contributed by atoms with Gasteiger partial charge < -0.3 is 9.47 Å². The summed E-state index contributed by atoms with van der Waals surface area (Å²) in [5.41, 5.74) is 1.69. The first kappa shape index (κ1) is 15.7. The lowest BCUT2D eigenvalue weighted by molar-refractivity contribution is -0.149. The number of carbonyl (C=O) groups excluding carboxylic acids is 2. The Labute approximate surface area is 146 Å². The highest BCUT2D eigenvalue weighted by Crippen LogP contribution is 2.39. The van der Waals surface area contributed by atoms with Crippen LogP contribution in [0.2, 0.25) is 0 Å². The molecule has 128 valence electrons. The predicted octanol–water partition coefficient (Wildman–Crippen LogP) is 3.11. The molecular formula is C20H19NO4. The summed E-state index contributed by atoms with van der Waals surface area (Å²) in [6, 6.07) is 16.9. The molecule has 0 N–H and O–H groups in total. The van der Waals surface area contributed by atoms with E-state index < -0.39 is 0 Å². The topological polar surface area (TPSA) is 55.8 Å². The number of hydrogen-bond acceptors (Lipinski definition) is 4. The zero-order chi connectivity index (χ0) is 17.2. The third-order valence-corrected chi connectivity index (χ3v) is 4.53. The molecule has 2 aromatic rings. The Kier molecular flexibility index (Phi) is 4.14. The lowest BCUT2D eigenvalue weighted by atomic mass is 10.0. The molecule has 5 heteroatoms. The number of amides is 1. The van der Waals surface area contributed by atoms with Gasteiger partial charge in [0.25, 0.3) is 5.91 Å². The second-order valence-corrected chi connectivity index (χ2v) is 6.35. The van der Waals surface area contributed by atoms with Crippen molar-refractivity contribution in [2.75, 3.05) is 18.1 Å². The maximum Gasteiger partial charge on any atom is 0.309 e. The predicted molar refractivity (Wildman–Crippen MR) is 92.3 cm³/mol. The fraction of sp³-hybridized carbons (Fsp3) is 0.300. The number of para-hydroxylation sites is 2. The number of hydrogen-bond donors (Lipinski definition) is 0. The van der Waals surface area contributed by atoms with Gasteiger partial charge in [0.2, 0.25) is 0 Å². The number of fused-ring (bicyclic) bond motifs is 1. The fourth-order valence-corrected chi connectivity index (χ4v) is 3.06. The Morgan fingerprint density at radius 2 is 1.76 bits per heavy atom. The average Bonchev–Trinajstić information content (AvgIpc) is 3.51. The van der Waals surface area contributed by atoms with Crippen LogP contribution in [0.25, 0.3) is 0 Å². The van der Waals surface area contributed by atoms with Crippen molar-refractivity contribution >= 4 is 17.6 Å². The summed E-state index contributed by atoms with van der Waals surface area (Å²) in [6.45, 7) is 0.121. The third kappa shape index (κ3) is 3.22. The summed E-state index contributed by atoms with van der Waals surface area (Å²) in [5, 5.41) is 0. The van der Waals surface area contributed by atoms with Gasteiger partial charge in [0.15, 0.2) is 6.61 Å². The van der Waals surface area contributed by atoms with Crippen LogP contribution >= 0.6 is 0 Å². The van der Waals surface area contributed by atoms with Gasteiger partial charge in [0.1, 0.15) is 12.4 Å². The Morgan fingerprint density at radius 1 is 1.04 bits per heavy atom. The van der Waals surface area contributed by atoms with Crippen molar-refractivity contribution in [2.45, 2.75) is 18.9 Å². The van der Waals surface area contributed by atoms with Gasteiger partial charge in [-0.1, -0.05) is 42.5 Å². The van der Waals surface area contributed by atoms with Crippen molar-refractivity contribution in [2.24, 2.45) is 5.92 Å². The number of ether oxygens (including phenoxy) is 2. The lowest BCUT2D eigenvalue weighted by Gasteiger charge is -2.37. The van der Waals surface area contributed by atoms with E-state index in [1.54, 1.807) is 4.90 Å². The third-order valence-electron chi connectivity index (χ3n) is 4.53. The van der Waals surface area contributed by atoms with Crippen LogP contribution in [0.15, 0.2) is 54.6 Å². The van der Waals surface area contributed by atoms with E-state index in [0.29, 0.717) is 18.0 Å². The molecule has 2 aliphatic rings. The number of carbonyl (C=O) groups is 2. The molecule has 2 aromatic carbocycles. The SMILES string of the molecule is O=C(OCC(=O)N1c2ccccc2OC[C@@H]1c1ccccc1)C1CC1. The van der Waals surface area contributed by atoms with E-state index >= 15 is 0 Å². The molecule has 1 fully saturated rings. The zero-order valence-corrected chi connectivity index (χ0v) is 13.8. The standard InChI is InChI=1S/C20H19NO4/c22-19(13-25-20(23)15-10-11-15)21-16-8-4-5-9-18(16)24-12-17(21)14-6-2-1-3-7-14/h1-9,15,17H,10-13H2/t17-/m1/s1. The van der Waals surface area contributed by atoms with Gasteiger partial charge >= 0.3 is 5.97 Å². The minimum atomic E-state index is -0.272. The van der Waals surface area contributed by atoms with E-state index in [-0.39, 0.29) is 30.4 Å². The summed E-state index contributed by atoms with van der Waals surface area (Å²) in [6.07, 6.45) is 1.72.